The van der Waals surface area contributed by atoms with Gasteiger partial charge in [0.1, 0.15) is 36.3 Å². The van der Waals surface area contributed by atoms with Crippen molar-refractivity contribution in [3.8, 4) is 6.07 Å². The van der Waals surface area contributed by atoms with E-state index in [1.807, 2.05) is 102 Å². The Morgan fingerprint density at radius 2 is 1.23 bits per heavy atom. The van der Waals surface area contributed by atoms with Crippen LogP contribution in [0.2, 0.25) is 0 Å². The number of nitrogens with one attached hydrogen (secondary N) is 3. The highest BCUT2D eigenvalue weighted by molar-refractivity contribution is 9.10. The minimum atomic E-state index is -1.48. The smallest absolute Gasteiger partial charge is 0.329 e. The molecule has 7 atom stereocenters. The number of ether oxygens (including phenoxy) is 1. The van der Waals surface area contributed by atoms with E-state index in [9.17, 15) is 29.2 Å². The predicted octanol–water partition coefficient (Wildman–Crippen LogP) is 6.12. The van der Waals surface area contributed by atoms with Crippen LogP contribution in [0.15, 0.2) is 59.2 Å². The molecular weight excluding hydrogens is 957 g/mol. The monoisotopic (exact) mass is 1030 g/mol. The lowest BCUT2D eigenvalue weighted by atomic mass is 9.97. The number of aromatic nitrogens is 1. The largest absolute Gasteiger partial charge is 0.451 e. The Bertz CT molecular complexity index is 2390. The highest BCUT2D eigenvalue weighted by atomic mass is 79.9. The molecule has 380 valence electrons. The number of esters is 1. The number of rotatable bonds is 14. The second kappa shape index (κ2) is 24.9. The summed E-state index contributed by atoms with van der Waals surface area (Å²) in [4.78, 5) is 106. The molecule has 1 aromatic heterocycles. The highest BCUT2D eigenvalue weighted by Crippen LogP contribution is 2.34. The van der Waals surface area contributed by atoms with Gasteiger partial charge in [-0.3, -0.25) is 28.8 Å². The second-order valence-electron chi connectivity index (χ2n) is 20.6. The predicted molar refractivity (Wildman–Crippen MR) is 270 cm³/mol. The van der Waals surface area contributed by atoms with Crippen LogP contribution in [0.1, 0.15) is 111 Å². The molecule has 0 bridgehead atoms. The summed E-state index contributed by atoms with van der Waals surface area (Å²) in [5.74, 6) is -4.72. The average Bonchev–Trinajstić information content (AvgIpc) is 4.08. The van der Waals surface area contributed by atoms with Gasteiger partial charge in [-0.1, -0.05) is 101 Å². The summed E-state index contributed by atoms with van der Waals surface area (Å²) in [6.07, 6.45) is 2.79. The number of benzene rings is 2. The molecule has 3 N–H and O–H groups in total. The van der Waals surface area contributed by atoms with Gasteiger partial charge in [-0.2, -0.15) is 5.26 Å². The molecule has 70 heavy (non-hydrogen) atoms. The zero-order valence-electron chi connectivity index (χ0n) is 42.5. The van der Waals surface area contributed by atoms with Crippen molar-refractivity contribution in [2.75, 3.05) is 21.1 Å². The number of hydrogen-bond acceptors (Lipinski definition) is 9. The van der Waals surface area contributed by atoms with Gasteiger partial charge in [-0.15, -0.1) is 0 Å². The molecule has 1 aliphatic carbocycles. The fourth-order valence-corrected chi connectivity index (χ4v) is 9.33. The van der Waals surface area contributed by atoms with Gasteiger partial charge < -0.3 is 40.0 Å². The molecule has 2 aromatic carbocycles. The van der Waals surface area contributed by atoms with Crippen LogP contribution in [-0.4, -0.2) is 124 Å². The molecule has 5 rings (SSSR count). The third kappa shape index (κ3) is 14.6. The number of nitriles is 1. The van der Waals surface area contributed by atoms with Crippen molar-refractivity contribution in [1.29, 1.82) is 5.26 Å². The van der Waals surface area contributed by atoms with Crippen LogP contribution in [0.4, 0.5) is 0 Å². The minimum absolute atomic E-state index is 0.0339. The number of para-hydroxylation sites is 1. The Balaban J connectivity index is 1.64. The van der Waals surface area contributed by atoms with Gasteiger partial charge in [0.15, 0.2) is 6.10 Å². The molecule has 0 spiro atoms. The Hall–Kier alpha value is -5.76. The summed E-state index contributed by atoms with van der Waals surface area (Å²) in [5, 5.41) is 19.1. The van der Waals surface area contributed by atoms with Crippen molar-refractivity contribution in [3.05, 3.63) is 70.3 Å². The lowest BCUT2D eigenvalue weighted by molar-refractivity contribution is -0.163. The molecule has 1 saturated heterocycles. The number of halogens is 1. The molecule has 0 radical (unpaired) electrons. The van der Waals surface area contributed by atoms with Crippen molar-refractivity contribution in [2.24, 2.45) is 23.7 Å². The van der Waals surface area contributed by atoms with E-state index in [0.717, 1.165) is 44.2 Å². The quantitative estimate of drug-likeness (QED) is 0.159. The van der Waals surface area contributed by atoms with Crippen LogP contribution in [0.5, 0.6) is 0 Å². The zero-order chi connectivity index (χ0) is 51.6. The van der Waals surface area contributed by atoms with Gasteiger partial charge in [0.2, 0.25) is 29.5 Å². The van der Waals surface area contributed by atoms with Crippen molar-refractivity contribution in [1.82, 2.24) is 35.2 Å². The van der Waals surface area contributed by atoms with Crippen LogP contribution in [0.25, 0.3) is 10.9 Å². The fraction of sp³-hybridized carbons (Fsp3) is 0.585. The van der Waals surface area contributed by atoms with Crippen LogP contribution < -0.4 is 16.0 Å². The Labute approximate surface area is 421 Å². The number of fused-ring (bicyclic) bond motifs is 1. The standard InChI is InChI=1S/C53H73BrN8O8/c1-31(2)24-40-50(66)59(8)34(7)53(69)70-46(16-13-23-55)49(65)58-42(27-35-17-18-35)52(68)60(9)44(26-33(5)6)47(63)57-41(25-32(3)4)51(67)61(10)45(48(64)56-40)28-37-30-62(43-15-12-11-14-39(37)43)29-36-19-21-38(54)22-20-36/h11-12,14-15,19-22,30-35,40-42,44-46H,13,16-18,24-29H2,1-10H3,(H,56,64)(H,57,63)(H,58,65)/t34-,40-,41-,42-,44-,45-,46+/m0/s1. The zero-order valence-corrected chi connectivity index (χ0v) is 44.1. The molecule has 2 fully saturated rings. The van der Waals surface area contributed by atoms with Gasteiger partial charge in [0.25, 0.3) is 5.91 Å². The molecular formula is C53H73BrN8O8. The van der Waals surface area contributed by atoms with Gasteiger partial charge in [-0.25, -0.2) is 4.79 Å². The molecule has 6 amide bonds. The maximum absolute atomic E-state index is 15.1. The topological polar surface area (TPSA) is 203 Å². The third-order valence-electron chi connectivity index (χ3n) is 13.3. The first-order valence-electron chi connectivity index (χ1n) is 24.7. The summed E-state index contributed by atoms with van der Waals surface area (Å²) in [5.41, 5.74) is 2.74. The van der Waals surface area contributed by atoms with Gasteiger partial charge >= 0.3 is 5.97 Å². The summed E-state index contributed by atoms with van der Waals surface area (Å²) in [7, 11) is 4.44. The number of amides is 6. The highest BCUT2D eigenvalue weighted by Gasteiger charge is 2.41. The Morgan fingerprint density at radius 3 is 1.80 bits per heavy atom. The first-order valence-corrected chi connectivity index (χ1v) is 25.5. The van der Waals surface area contributed by atoms with E-state index in [1.165, 1.54) is 37.9 Å². The molecule has 2 aliphatic rings. The first kappa shape index (κ1) is 55.2. The molecule has 2 heterocycles. The van der Waals surface area contributed by atoms with E-state index in [-0.39, 0.29) is 68.6 Å². The van der Waals surface area contributed by atoms with Crippen molar-refractivity contribution in [2.45, 2.75) is 155 Å². The van der Waals surface area contributed by atoms with E-state index in [2.05, 4.69) is 36.4 Å². The number of nitrogens with zero attached hydrogens (tertiary/aromatic N) is 5. The molecule has 17 heteroatoms. The van der Waals surface area contributed by atoms with E-state index < -0.39 is 83.8 Å². The van der Waals surface area contributed by atoms with Crippen LogP contribution in [-0.2, 0) is 51.3 Å². The summed E-state index contributed by atoms with van der Waals surface area (Å²) in [6, 6.07) is 10.9. The number of hydrogen-bond donors (Lipinski definition) is 3. The number of carbonyl (C=O) groups is 7. The van der Waals surface area contributed by atoms with E-state index >= 15 is 9.59 Å². The van der Waals surface area contributed by atoms with Crippen molar-refractivity contribution >= 4 is 68.2 Å². The third-order valence-corrected chi connectivity index (χ3v) is 13.9. The number of cyclic esters (lactones) is 1. The summed E-state index contributed by atoms with van der Waals surface area (Å²) < 4.78 is 8.81. The fourth-order valence-electron chi connectivity index (χ4n) is 9.07. The van der Waals surface area contributed by atoms with Crippen LogP contribution in [0.3, 0.4) is 0 Å². The molecule has 16 nitrogen and oxygen atoms in total. The average molecular weight is 1030 g/mol. The van der Waals surface area contributed by atoms with Crippen molar-refractivity contribution in [3.63, 3.8) is 0 Å². The first-order chi connectivity index (χ1) is 33.1. The molecule has 3 aromatic rings. The lowest BCUT2D eigenvalue weighted by Gasteiger charge is -2.35. The van der Waals surface area contributed by atoms with Gasteiger partial charge in [-0.05, 0) is 85.6 Å². The minimum Gasteiger partial charge on any atom is -0.451 e. The molecule has 1 saturated carbocycles. The number of carbonyl (C=O) groups excluding carboxylic acids is 7. The van der Waals surface area contributed by atoms with Crippen LogP contribution >= 0.6 is 15.9 Å². The SMILES string of the molecule is CC(C)C[C@@H]1NC(=O)[C@H](Cc2cn(Cc3ccc(Br)cc3)c3ccccc23)N(C)C(=O)[C@H](CC(C)C)NC(=O)[C@H](CC(C)C)N(C)C(=O)[C@H](CC2CC2)NC(=O)[C@@H](CCC#N)OC(=O)[C@H](C)N(C)C1=O. The van der Waals surface area contributed by atoms with E-state index in [4.69, 9.17) is 4.74 Å². The van der Waals surface area contributed by atoms with Crippen LogP contribution in [0, 0.1) is 35.0 Å². The Kier molecular flexibility index (Phi) is 19.6. The van der Waals surface area contributed by atoms with Gasteiger partial charge in [0.05, 0.1) is 6.07 Å². The maximum atomic E-state index is 15.1. The number of likely N-dealkylation sites (N-methyl/N-ethyl adjacent to an activating group) is 3. The van der Waals surface area contributed by atoms with E-state index in [1.54, 1.807) is 0 Å². The normalized spacial score (nSPS) is 24.2. The summed E-state index contributed by atoms with van der Waals surface area (Å²) >= 11 is 3.52. The second-order valence-corrected chi connectivity index (χ2v) is 21.5. The van der Waals surface area contributed by atoms with E-state index in [0.29, 0.717) is 6.54 Å². The maximum Gasteiger partial charge on any atom is 0.329 e. The van der Waals surface area contributed by atoms with Gasteiger partial charge in [0, 0.05) is 68.5 Å². The summed E-state index contributed by atoms with van der Waals surface area (Å²) in [6.45, 7) is 13.5. The van der Waals surface area contributed by atoms with Crippen molar-refractivity contribution < 1.29 is 38.3 Å². The molecule has 0 unspecified atom stereocenters. The Morgan fingerprint density at radius 1 is 0.700 bits per heavy atom. The lowest BCUT2D eigenvalue weighted by Crippen LogP contribution is -2.60. The molecule has 1 aliphatic heterocycles.